The summed E-state index contributed by atoms with van der Waals surface area (Å²) in [6.45, 7) is 3.00. The van der Waals surface area contributed by atoms with E-state index in [-0.39, 0.29) is 12.5 Å². The number of rotatable bonds is 5. The molecule has 0 spiro atoms. The molecule has 0 radical (unpaired) electrons. The standard InChI is InChI=1S/C17H23ClN2O4/c18-13-8-12(9-15-17(13)24-6-5-23-15)14(21)10-20-16(22)7-11-1-3-19-4-2-11/h8-9,11,14,19,21H,1-7,10H2,(H,20,22). The molecule has 2 aliphatic heterocycles. The minimum Gasteiger partial charge on any atom is -0.486 e. The third-order valence-corrected chi connectivity index (χ3v) is 4.71. The van der Waals surface area contributed by atoms with Crippen LogP contribution in [-0.4, -0.2) is 43.9 Å². The molecule has 2 heterocycles. The predicted molar refractivity (Wildman–Crippen MR) is 90.6 cm³/mol. The summed E-state index contributed by atoms with van der Waals surface area (Å²) in [5.74, 6) is 1.44. The van der Waals surface area contributed by atoms with E-state index in [1.165, 1.54) is 0 Å². The van der Waals surface area contributed by atoms with Crippen LogP contribution in [0.5, 0.6) is 11.5 Å². The van der Waals surface area contributed by atoms with Crippen molar-refractivity contribution in [3.05, 3.63) is 22.7 Å². The number of halogens is 1. The molecule has 3 rings (SSSR count). The zero-order chi connectivity index (χ0) is 16.9. The summed E-state index contributed by atoms with van der Waals surface area (Å²) in [5, 5.41) is 16.8. The van der Waals surface area contributed by atoms with E-state index in [4.69, 9.17) is 21.1 Å². The second-order valence-corrected chi connectivity index (χ2v) is 6.65. The lowest BCUT2D eigenvalue weighted by Gasteiger charge is -2.23. The minimum atomic E-state index is -0.838. The van der Waals surface area contributed by atoms with Crippen molar-refractivity contribution in [2.24, 2.45) is 5.92 Å². The van der Waals surface area contributed by atoms with E-state index >= 15 is 0 Å². The van der Waals surface area contributed by atoms with E-state index in [1.54, 1.807) is 12.1 Å². The number of piperidine rings is 1. The number of fused-ring (bicyclic) bond motifs is 1. The Hall–Kier alpha value is -1.50. The Morgan fingerprint density at radius 2 is 2.08 bits per heavy atom. The van der Waals surface area contributed by atoms with Gasteiger partial charge in [-0.05, 0) is 49.5 Å². The summed E-state index contributed by atoms with van der Waals surface area (Å²) in [6, 6.07) is 3.36. The normalized spacial score (nSPS) is 18.9. The summed E-state index contributed by atoms with van der Waals surface area (Å²) >= 11 is 6.17. The molecule has 1 unspecified atom stereocenters. The minimum absolute atomic E-state index is 0.0235. The lowest BCUT2D eigenvalue weighted by Crippen LogP contribution is -2.33. The molecule has 132 valence electrons. The first-order valence-corrected chi connectivity index (χ1v) is 8.76. The van der Waals surface area contributed by atoms with E-state index in [1.807, 2.05) is 0 Å². The van der Waals surface area contributed by atoms with Gasteiger partial charge in [-0.15, -0.1) is 0 Å². The first-order valence-electron chi connectivity index (χ1n) is 8.38. The molecule has 6 nitrogen and oxygen atoms in total. The van der Waals surface area contributed by atoms with Gasteiger partial charge in [0.05, 0.1) is 11.1 Å². The molecule has 2 aliphatic rings. The smallest absolute Gasteiger partial charge is 0.220 e. The highest BCUT2D eigenvalue weighted by atomic mass is 35.5. The van der Waals surface area contributed by atoms with Crippen molar-refractivity contribution in [2.45, 2.75) is 25.4 Å². The van der Waals surface area contributed by atoms with Crippen LogP contribution < -0.4 is 20.1 Å². The Balaban J connectivity index is 1.53. The third kappa shape index (κ3) is 4.32. The van der Waals surface area contributed by atoms with E-state index in [9.17, 15) is 9.90 Å². The van der Waals surface area contributed by atoms with Crippen LogP contribution in [0.2, 0.25) is 5.02 Å². The number of carbonyl (C=O) groups excluding carboxylic acids is 1. The van der Waals surface area contributed by atoms with Crippen LogP contribution in [0.15, 0.2) is 12.1 Å². The Morgan fingerprint density at radius 3 is 2.88 bits per heavy atom. The molecule has 1 saturated heterocycles. The van der Waals surface area contributed by atoms with E-state index in [0.29, 0.717) is 47.6 Å². The summed E-state index contributed by atoms with van der Waals surface area (Å²) < 4.78 is 11.0. The number of amides is 1. The quantitative estimate of drug-likeness (QED) is 0.749. The Bertz CT molecular complexity index is 590. The van der Waals surface area contributed by atoms with Gasteiger partial charge >= 0.3 is 0 Å². The highest BCUT2D eigenvalue weighted by molar-refractivity contribution is 6.32. The number of nitrogens with one attached hydrogen (secondary N) is 2. The van der Waals surface area contributed by atoms with E-state index < -0.39 is 6.10 Å². The van der Waals surface area contributed by atoms with E-state index in [0.717, 1.165) is 25.9 Å². The molecule has 1 aromatic rings. The molecule has 1 atom stereocenters. The Kier molecular flexibility index (Phi) is 5.81. The summed E-state index contributed by atoms with van der Waals surface area (Å²) in [4.78, 5) is 12.0. The van der Waals surface area contributed by atoms with Gasteiger partial charge in [0, 0.05) is 13.0 Å². The van der Waals surface area contributed by atoms with Crippen molar-refractivity contribution in [1.82, 2.24) is 10.6 Å². The van der Waals surface area contributed by atoms with Crippen molar-refractivity contribution in [2.75, 3.05) is 32.8 Å². The van der Waals surface area contributed by atoms with Crippen molar-refractivity contribution in [1.29, 1.82) is 0 Å². The summed E-state index contributed by atoms with van der Waals surface area (Å²) in [7, 11) is 0. The number of carbonyl (C=O) groups is 1. The Labute approximate surface area is 146 Å². The van der Waals surface area contributed by atoms with Gasteiger partial charge in [0.1, 0.15) is 13.2 Å². The van der Waals surface area contributed by atoms with Crippen LogP contribution in [0.25, 0.3) is 0 Å². The van der Waals surface area contributed by atoms with Crippen molar-refractivity contribution in [3.63, 3.8) is 0 Å². The van der Waals surface area contributed by atoms with Crippen LogP contribution >= 0.6 is 11.6 Å². The second-order valence-electron chi connectivity index (χ2n) is 6.24. The maximum atomic E-state index is 12.0. The molecule has 1 fully saturated rings. The van der Waals surface area contributed by atoms with Gasteiger partial charge in [-0.25, -0.2) is 0 Å². The molecule has 0 aliphatic carbocycles. The number of hydrogen-bond acceptors (Lipinski definition) is 5. The summed E-state index contributed by atoms with van der Waals surface area (Å²) in [6.07, 6.45) is 1.72. The molecule has 24 heavy (non-hydrogen) atoms. The Morgan fingerprint density at radius 1 is 1.33 bits per heavy atom. The number of benzene rings is 1. The molecule has 0 bridgehead atoms. The highest BCUT2D eigenvalue weighted by Crippen LogP contribution is 2.39. The van der Waals surface area contributed by atoms with Gasteiger partial charge in [-0.3, -0.25) is 4.79 Å². The number of ether oxygens (including phenoxy) is 2. The fourth-order valence-electron chi connectivity index (χ4n) is 3.07. The van der Waals surface area contributed by atoms with Crippen LogP contribution in [0, 0.1) is 5.92 Å². The maximum absolute atomic E-state index is 12.0. The van der Waals surface area contributed by atoms with Crippen LogP contribution in [0.1, 0.15) is 30.9 Å². The van der Waals surface area contributed by atoms with Gasteiger partial charge in [-0.2, -0.15) is 0 Å². The van der Waals surface area contributed by atoms with Crippen molar-refractivity contribution >= 4 is 17.5 Å². The molecule has 1 amide bonds. The van der Waals surface area contributed by atoms with Crippen LogP contribution in [0.4, 0.5) is 0 Å². The largest absolute Gasteiger partial charge is 0.486 e. The zero-order valence-corrected chi connectivity index (χ0v) is 14.3. The SMILES string of the molecule is O=C(CC1CCNCC1)NCC(O)c1cc(Cl)c2c(c1)OCCO2. The lowest BCUT2D eigenvalue weighted by molar-refractivity contribution is -0.122. The molecule has 0 aromatic heterocycles. The lowest BCUT2D eigenvalue weighted by atomic mass is 9.94. The van der Waals surface area contributed by atoms with Crippen LogP contribution in [-0.2, 0) is 4.79 Å². The maximum Gasteiger partial charge on any atom is 0.220 e. The van der Waals surface area contributed by atoms with Crippen molar-refractivity contribution < 1.29 is 19.4 Å². The van der Waals surface area contributed by atoms with Gasteiger partial charge in [0.15, 0.2) is 11.5 Å². The molecule has 1 aromatic carbocycles. The van der Waals surface area contributed by atoms with Gasteiger partial charge in [0.25, 0.3) is 0 Å². The molecule has 0 saturated carbocycles. The number of hydrogen-bond donors (Lipinski definition) is 3. The van der Waals surface area contributed by atoms with E-state index in [2.05, 4.69) is 10.6 Å². The second kappa shape index (κ2) is 8.05. The van der Waals surface area contributed by atoms with Crippen molar-refractivity contribution in [3.8, 4) is 11.5 Å². The molecule has 7 heteroatoms. The fraction of sp³-hybridized carbons (Fsp3) is 0.588. The highest BCUT2D eigenvalue weighted by Gasteiger charge is 2.21. The topological polar surface area (TPSA) is 79.8 Å². The van der Waals surface area contributed by atoms with Gasteiger partial charge in [0.2, 0.25) is 5.91 Å². The molecular weight excluding hydrogens is 332 g/mol. The number of aliphatic hydroxyl groups excluding tert-OH is 1. The first kappa shape index (κ1) is 17.3. The third-order valence-electron chi connectivity index (χ3n) is 4.43. The number of aliphatic hydroxyl groups is 1. The van der Waals surface area contributed by atoms with Crippen LogP contribution in [0.3, 0.4) is 0 Å². The average Bonchev–Trinajstić information content (AvgIpc) is 2.60. The average molecular weight is 355 g/mol. The predicted octanol–water partition coefficient (Wildman–Crippen LogP) is 1.65. The van der Waals surface area contributed by atoms with Gasteiger partial charge in [-0.1, -0.05) is 11.6 Å². The van der Waals surface area contributed by atoms with Gasteiger partial charge < -0.3 is 25.2 Å². The zero-order valence-electron chi connectivity index (χ0n) is 13.5. The molecular formula is C17H23ClN2O4. The summed E-state index contributed by atoms with van der Waals surface area (Å²) in [5.41, 5.74) is 0.603. The molecule has 3 N–H and O–H groups in total. The monoisotopic (exact) mass is 354 g/mol. The first-order chi connectivity index (χ1) is 11.6. The fourth-order valence-corrected chi connectivity index (χ4v) is 3.35.